The van der Waals surface area contributed by atoms with E-state index < -0.39 is 4.92 Å². The highest BCUT2D eigenvalue weighted by atomic mass is 16.6. The van der Waals surface area contributed by atoms with Crippen LogP contribution in [0.4, 0.5) is 11.4 Å². The van der Waals surface area contributed by atoms with Gasteiger partial charge in [0.05, 0.1) is 11.0 Å². The summed E-state index contributed by atoms with van der Waals surface area (Å²) in [5.74, 6) is 0. The monoisotopic (exact) mass is 234 g/mol. The summed E-state index contributed by atoms with van der Waals surface area (Å²) in [4.78, 5) is 10.3. The maximum atomic E-state index is 11.2. The summed E-state index contributed by atoms with van der Waals surface area (Å²) in [5.41, 5.74) is 0.108. The molecule has 0 fully saturated rings. The van der Waals surface area contributed by atoms with Crippen LogP contribution in [0.1, 0.15) is 0 Å². The summed E-state index contributed by atoms with van der Waals surface area (Å²) in [6.45, 7) is 0. The first kappa shape index (κ1) is 10.9. The van der Waals surface area contributed by atoms with Gasteiger partial charge in [-0.25, -0.2) is 0 Å². The van der Waals surface area contributed by atoms with Gasteiger partial charge in [-0.2, -0.15) is 4.73 Å². The lowest BCUT2D eigenvalue weighted by Crippen LogP contribution is -2.30. The summed E-state index contributed by atoms with van der Waals surface area (Å²) in [6.07, 6.45) is 5.72. The molecule has 0 atom stereocenters. The van der Waals surface area contributed by atoms with Gasteiger partial charge in [-0.3, -0.25) is 19.8 Å². The molecule has 17 heavy (non-hydrogen) atoms. The Bertz CT molecular complexity index is 538. The third kappa shape index (κ3) is 2.03. The average molecular weight is 234 g/mol. The van der Waals surface area contributed by atoms with Crippen molar-refractivity contribution >= 4 is 11.4 Å². The fourth-order valence-electron chi connectivity index (χ4n) is 1.51. The first-order chi connectivity index (χ1) is 8.09. The molecule has 0 bridgehead atoms. The molecule has 0 amide bonds. The lowest BCUT2D eigenvalue weighted by Gasteiger charge is -2.19. The Labute approximate surface area is 96.8 Å². The van der Waals surface area contributed by atoms with Gasteiger partial charge in [0.1, 0.15) is 0 Å². The number of hydrogen-bond acceptors (Lipinski definition) is 4. The fourth-order valence-corrected chi connectivity index (χ4v) is 1.51. The Hall–Kier alpha value is -2.57. The lowest BCUT2D eigenvalue weighted by molar-refractivity contribution is -0.605. The summed E-state index contributed by atoms with van der Waals surface area (Å²) >= 11 is 0. The van der Waals surface area contributed by atoms with E-state index in [-0.39, 0.29) is 11.4 Å². The largest absolute Gasteiger partial charge is 0.619 e. The molecule has 7 heteroatoms. The van der Waals surface area contributed by atoms with Crippen molar-refractivity contribution in [3.8, 4) is 0 Å². The second-order valence-electron chi connectivity index (χ2n) is 3.42. The number of aromatic nitrogens is 2. The fraction of sp³-hybridized carbons (Fsp3) is 0.100. The number of nitrogens with zero attached hydrogens (tertiary/aromatic N) is 4. The zero-order valence-electron chi connectivity index (χ0n) is 9.06. The molecule has 0 saturated carbocycles. The van der Waals surface area contributed by atoms with Crippen LogP contribution >= 0.6 is 0 Å². The summed E-state index contributed by atoms with van der Waals surface area (Å²) < 4.78 is 2.17. The number of anilines is 1. The van der Waals surface area contributed by atoms with Crippen molar-refractivity contribution in [1.29, 1.82) is 0 Å². The molecule has 0 N–H and O–H groups in total. The summed E-state index contributed by atoms with van der Waals surface area (Å²) in [6, 6.07) is 4.76. The van der Waals surface area contributed by atoms with E-state index in [2.05, 4.69) is 0 Å². The molecule has 2 heterocycles. The molecule has 2 rings (SSSR count). The van der Waals surface area contributed by atoms with E-state index in [0.29, 0.717) is 4.73 Å². The molecule has 0 spiro atoms. The molecule has 0 aromatic carbocycles. The van der Waals surface area contributed by atoms with Crippen molar-refractivity contribution in [3.63, 3.8) is 0 Å². The third-order valence-electron chi connectivity index (χ3n) is 2.37. The maximum absolute atomic E-state index is 11.2. The molecule has 0 saturated heterocycles. The predicted molar refractivity (Wildman–Crippen MR) is 60.3 cm³/mol. The van der Waals surface area contributed by atoms with Gasteiger partial charge in [-0.1, -0.05) is 0 Å². The van der Waals surface area contributed by atoms with Crippen LogP contribution in [-0.2, 0) is 0 Å². The molecular formula is C10H10N4O3. The topological polar surface area (TPSA) is 78.2 Å². The quantitative estimate of drug-likeness (QED) is 0.342. The van der Waals surface area contributed by atoms with Gasteiger partial charge in [-0.15, -0.1) is 0 Å². The van der Waals surface area contributed by atoms with Gasteiger partial charge < -0.3 is 5.21 Å². The Morgan fingerprint density at radius 3 is 2.65 bits per heavy atom. The first-order valence-electron chi connectivity index (χ1n) is 4.84. The molecule has 88 valence electrons. The van der Waals surface area contributed by atoms with Crippen molar-refractivity contribution in [1.82, 2.24) is 4.68 Å². The second kappa shape index (κ2) is 4.12. The molecular weight excluding hydrogens is 224 g/mol. The van der Waals surface area contributed by atoms with E-state index in [1.165, 1.54) is 11.1 Å². The standard InChI is InChI=1S/C10H10N4O3/c1-11(12-5-2-3-6-12)10-8-13(15)7-4-9(10)14(16)17/h2-8H,1H3. The van der Waals surface area contributed by atoms with Gasteiger partial charge in [-0.05, 0) is 12.1 Å². The summed E-state index contributed by atoms with van der Waals surface area (Å²) in [5, 5.41) is 23.6. The molecule has 0 aliphatic rings. The van der Waals surface area contributed by atoms with Crippen LogP contribution in [-0.4, -0.2) is 16.6 Å². The predicted octanol–water partition coefficient (Wildman–Crippen LogP) is 0.929. The highest BCUT2D eigenvalue weighted by Crippen LogP contribution is 2.25. The van der Waals surface area contributed by atoms with Crippen LogP contribution in [0.2, 0.25) is 0 Å². The minimum absolute atomic E-state index is 0.117. The molecule has 7 nitrogen and oxygen atoms in total. The van der Waals surface area contributed by atoms with Gasteiger partial charge in [0.15, 0.2) is 6.20 Å². The number of nitro groups is 1. The van der Waals surface area contributed by atoms with Gasteiger partial charge in [0.2, 0.25) is 11.9 Å². The summed E-state index contributed by atoms with van der Waals surface area (Å²) in [7, 11) is 1.64. The van der Waals surface area contributed by atoms with Crippen molar-refractivity contribution < 1.29 is 9.65 Å². The van der Waals surface area contributed by atoms with Crippen molar-refractivity contribution in [2.24, 2.45) is 0 Å². The number of rotatable bonds is 3. The Kier molecular flexibility index (Phi) is 2.65. The number of hydrogen-bond donors (Lipinski definition) is 0. The van der Waals surface area contributed by atoms with Crippen LogP contribution in [0.15, 0.2) is 43.0 Å². The van der Waals surface area contributed by atoms with Crippen LogP contribution in [0.3, 0.4) is 0 Å². The molecule has 0 aliphatic heterocycles. The third-order valence-corrected chi connectivity index (χ3v) is 2.37. The smallest absolute Gasteiger partial charge is 0.306 e. The van der Waals surface area contributed by atoms with Crippen LogP contribution < -0.4 is 9.74 Å². The van der Waals surface area contributed by atoms with E-state index in [4.69, 9.17) is 0 Å². The van der Waals surface area contributed by atoms with Gasteiger partial charge >= 0.3 is 5.69 Å². The lowest BCUT2D eigenvalue weighted by atomic mass is 10.3. The van der Waals surface area contributed by atoms with Crippen LogP contribution in [0.5, 0.6) is 0 Å². The van der Waals surface area contributed by atoms with Crippen molar-refractivity contribution in [3.05, 3.63) is 58.3 Å². The Morgan fingerprint density at radius 2 is 2.06 bits per heavy atom. The van der Waals surface area contributed by atoms with Crippen LogP contribution in [0.25, 0.3) is 0 Å². The van der Waals surface area contributed by atoms with Gasteiger partial charge in [0.25, 0.3) is 0 Å². The highest BCUT2D eigenvalue weighted by molar-refractivity contribution is 5.59. The second-order valence-corrected chi connectivity index (χ2v) is 3.42. The van der Waals surface area contributed by atoms with E-state index in [9.17, 15) is 15.3 Å². The SMILES string of the molecule is CN(c1c[n+]([O-])ccc1[N+](=O)[O-])n1cccc1. The number of pyridine rings is 1. The highest BCUT2D eigenvalue weighted by Gasteiger charge is 2.21. The van der Waals surface area contributed by atoms with E-state index in [0.717, 1.165) is 12.4 Å². The average Bonchev–Trinajstić information content (AvgIpc) is 2.80. The zero-order chi connectivity index (χ0) is 12.4. The Morgan fingerprint density at radius 1 is 1.41 bits per heavy atom. The molecule has 2 aromatic rings. The van der Waals surface area contributed by atoms with Crippen molar-refractivity contribution in [2.75, 3.05) is 12.1 Å². The molecule has 2 aromatic heterocycles. The maximum Gasteiger partial charge on any atom is 0.306 e. The van der Waals surface area contributed by atoms with Gasteiger partial charge in [0, 0.05) is 19.4 Å². The Balaban J connectivity index is 2.50. The normalized spacial score (nSPS) is 10.2. The van der Waals surface area contributed by atoms with E-state index in [1.807, 2.05) is 0 Å². The molecule has 0 radical (unpaired) electrons. The van der Waals surface area contributed by atoms with Crippen molar-refractivity contribution in [2.45, 2.75) is 0 Å². The minimum atomic E-state index is -0.519. The zero-order valence-corrected chi connectivity index (χ0v) is 9.06. The molecule has 0 unspecified atom stereocenters. The van der Waals surface area contributed by atoms with E-state index in [1.54, 1.807) is 36.3 Å². The molecule has 0 aliphatic carbocycles. The van der Waals surface area contributed by atoms with Crippen LogP contribution in [0, 0.1) is 15.3 Å². The minimum Gasteiger partial charge on any atom is -0.619 e. The van der Waals surface area contributed by atoms with E-state index >= 15 is 0 Å². The first-order valence-corrected chi connectivity index (χ1v) is 4.84.